The van der Waals surface area contributed by atoms with E-state index in [9.17, 15) is 24.2 Å². The summed E-state index contributed by atoms with van der Waals surface area (Å²) in [5.74, 6) is -3.84. The van der Waals surface area contributed by atoms with Gasteiger partial charge in [-0.25, -0.2) is 4.79 Å². The third kappa shape index (κ3) is 6.17. The number of carbonyl (C=O) groups is 2. The van der Waals surface area contributed by atoms with Crippen LogP contribution in [0.15, 0.2) is 78.9 Å². The van der Waals surface area contributed by atoms with Crippen LogP contribution < -0.4 is 5.32 Å². The molecule has 3 aromatic rings. The molecule has 0 spiro atoms. The Hall–Kier alpha value is -3.41. The van der Waals surface area contributed by atoms with Crippen LogP contribution in [0, 0.1) is 11.8 Å². The Morgan fingerprint density at radius 1 is 0.947 bits per heavy atom. The molecule has 0 heterocycles. The molecule has 0 saturated carbocycles. The maximum Gasteiger partial charge on any atom is 0.407 e. The highest BCUT2D eigenvalue weighted by molar-refractivity contribution is 7.58. The summed E-state index contributed by atoms with van der Waals surface area (Å²) in [5.41, 5.74) is 5.11. The molecule has 4 unspecified atom stereocenters. The van der Waals surface area contributed by atoms with Crippen molar-refractivity contribution in [2.45, 2.75) is 38.4 Å². The fraction of sp³-hybridized carbons (Fsp3) is 0.333. The van der Waals surface area contributed by atoms with Crippen LogP contribution in [0.4, 0.5) is 4.79 Å². The highest BCUT2D eigenvalue weighted by Gasteiger charge is 2.40. The second kappa shape index (κ2) is 12.0. The number of nitrogens with one attached hydrogen (secondary N) is 1. The van der Waals surface area contributed by atoms with Crippen molar-refractivity contribution in [3.63, 3.8) is 0 Å². The maximum atomic E-state index is 13.6. The van der Waals surface area contributed by atoms with Crippen molar-refractivity contribution in [3.8, 4) is 11.1 Å². The zero-order valence-electron chi connectivity index (χ0n) is 21.6. The predicted octanol–water partition coefficient (Wildman–Crippen LogP) is 6.11. The van der Waals surface area contributed by atoms with Crippen LogP contribution in [-0.2, 0) is 20.5 Å². The third-order valence-corrected chi connectivity index (χ3v) is 9.85. The Morgan fingerprint density at radius 2 is 1.50 bits per heavy atom. The first-order chi connectivity index (χ1) is 18.2. The molecule has 0 aromatic heterocycles. The minimum Gasteiger partial charge on any atom is -0.481 e. The molecule has 4 rings (SSSR count). The average Bonchev–Trinajstić information content (AvgIpc) is 3.23. The summed E-state index contributed by atoms with van der Waals surface area (Å²) in [6.45, 7) is 3.70. The van der Waals surface area contributed by atoms with Gasteiger partial charge in [-0.1, -0.05) is 99.1 Å². The normalized spacial score (nSPS) is 16.4. The predicted molar refractivity (Wildman–Crippen MR) is 147 cm³/mol. The van der Waals surface area contributed by atoms with E-state index >= 15 is 0 Å². The van der Waals surface area contributed by atoms with Gasteiger partial charge in [-0.3, -0.25) is 9.36 Å². The molecule has 0 bridgehead atoms. The fourth-order valence-corrected chi connectivity index (χ4v) is 7.64. The van der Waals surface area contributed by atoms with Gasteiger partial charge in [0.05, 0.1) is 5.92 Å². The number of aliphatic carboxylic acids is 1. The first-order valence-corrected chi connectivity index (χ1v) is 14.8. The molecular weight excluding hydrogens is 501 g/mol. The molecule has 1 amide bonds. The zero-order valence-corrected chi connectivity index (χ0v) is 22.5. The topological polar surface area (TPSA) is 113 Å². The van der Waals surface area contributed by atoms with Crippen LogP contribution in [0.5, 0.6) is 0 Å². The third-order valence-electron chi connectivity index (χ3n) is 7.38. The fourth-order valence-electron chi connectivity index (χ4n) is 5.18. The molecule has 38 heavy (non-hydrogen) atoms. The molecule has 7 nitrogen and oxygen atoms in total. The van der Waals surface area contributed by atoms with Gasteiger partial charge in [0.2, 0.25) is 7.37 Å². The molecular formula is C30H34NO6P. The van der Waals surface area contributed by atoms with Gasteiger partial charge in [0, 0.05) is 12.1 Å². The molecule has 4 atom stereocenters. The summed E-state index contributed by atoms with van der Waals surface area (Å²) < 4.78 is 19.2. The monoisotopic (exact) mass is 535 g/mol. The SMILES string of the molecule is CCC(C)C(NC(=O)OCC1c2ccccc2-c2ccccc21)P(=O)(O)CC(Cc1ccccc1)C(=O)O. The molecule has 0 fully saturated rings. The average molecular weight is 536 g/mol. The standard InChI is InChI=1S/C30H34NO6P/c1-3-20(2)28(38(35,36)19-22(29(32)33)17-21-11-5-4-6-12-21)31-30(34)37-18-27-25-15-9-7-13-23(25)24-14-8-10-16-26(24)27/h4-16,20,22,27-28H,3,17-19H2,1-2H3,(H,31,34)(H,32,33)(H,35,36). The van der Waals surface area contributed by atoms with Gasteiger partial charge in [0.15, 0.2) is 0 Å². The van der Waals surface area contributed by atoms with Gasteiger partial charge in [-0.2, -0.15) is 0 Å². The van der Waals surface area contributed by atoms with Crippen molar-refractivity contribution in [2.75, 3.05) is 12.8 Å². The van der Waals surface area contributed by atoms with Crippen LogP contribution in [0.25, 0.3) is 11.1 Å². The van der Waals surface area contributed by atoms with E-state index in [4.69, 9.17) is 4.74 Å². The van der Waals surface area contributed by atoms with Crippen molar-refractivity contribution in [3.05, 3.63) is 95.6 Å². The largest absolute Gasteiger partial charge is 0.481 e. The number of hydrogen-bond acceptors (Lipinski definition) is 4. The lowest BCUT2D eigenvalue weighted by Gasteiger charge is -2.30. The minimum absolute atomic E-state index is 0.0780. The Labute approximate surface area is 223 Å². The smallest absolute Gasteiger partial charge is 0.407 e. The number of carbonyl (C=O) groups excluding carboxylic acids is 1. The summed E-state index contributed by atoms with van der Waals surface area (Å²) in [4.78, 5) is 36.0. The molecule has 0 radical (unpaired) electrons. The number of ether oxygens (including phenoxy) is 1. The van der Waals surface area contributed by atoms with E-state index in [0.29, 0.717) is 6.42 Å². The van der Waals surface area contributed by atoms with Gasteiger partial charge in [-0.05, 0) is 40.2 Å². The number of carboxylic acids is 1. The highest BCUT2D eigenvalue weighted by atomic mass is 31.2. The second-order valence-corrected chi connectivity index (χ2v) is 12.4. The molecule has 200 valence electrons. The van der Waals surface area contributed by atoms with Gasteiger partial charge < -0.3 is 20.1 Å². The number of fused-ring (bicyclic) bond motifs is 3. The van der Waals surface area contributed by atoms with Gasteiger partial charge in [0.1, 0.15) is 12.4 Å². The molecule has 8 heteroatoms. The Kier molecular flexibility index (Phi) is 8.70. The number of carboxylic acid groups (broad SMARTS) is 1. The van der Waals surface area contributed by atoms with Crippen LogP contribution in [0.3, 0.4) is 0 Å². The molecule has 1 aliphatic rings. The summed E-state index contributed by atoms with van der Waals surface area (Å²) in [7, 11) is -4.12. The van der Waals surface area contributed by atoms with E-state index in [1.807, 2.05) is 61.5 Å². The highest BCUT2D eigenvalue weighted by Crippen LogP contribution is 2.51. The lowest BCUT2D eigenvalue weighted by atomic mass is 9.98. The lowest BCUT2D eigenvalue weighted by molar-refractivity contribution is -0.141. The van der Waals surface area contributed by atoms with Crippen LogP contribution in [-0.4, -0.2) is 40.6 Å². The molecule has 3 N–H and O–H groups in total. The van der Waals surface area contributed by atoms with E-state index in [1.165, 1.54) is 0 Å². The van der Waals surface area contributed by atoms with Crippen molar-refractivity contribution in [1.29, 1.82) is 0 Å². The Balaban J connectivity index is 1.46. The van der Waals surface area contributed by atoms with Crippen LogP contribution in [0.2, 0.25) is 0 Å². The van der Waals surface area contributed by atoms with E-state index in [0.717, 1.165) is 27.8 Å². The van der Waals surface area contributed by atoms with Crippen molar-refractivity contribution in [1.82, 2.24) is 5.32 Å². The number of alkyl carbamates (subject to hydrolysis) is 1. The number of rotatable bonds is 11. The molecule has 0 saturated heterocycles. The number of hydrogen-bond donors (Lipinski definition) is 3. The summed E-state index contributed by atoms with van der Waals surface area (Å²) >= 11 is 0. The summed E-state index contributed by atoms with van der Waals surface area (Å²) in [6, 6.07) is 25.0. The van der Waals surface area contributed by atoms with Gasteiger partial charge in [-0.15, -0.1) is 0 Å². The maximum absolute atomic E-state index is 13.6. The van der Waals surface area contributed by atoms with Crippen LogP contribution >= 0.6 is 7.37 Å². The summed E-state index contributed by atoms with van der Waals surface area (Å²) in [5, 5.41) is 12.4. The lowest BCUT2D eigenvalue weighted by Crippen LogP contribution is -2.41. The summed E-state index contributed by atoms with van der Waals surface area (Å²) in [6.07, 6.45) is -0.592. The molecule has 3 aromatic carbocycles. The van der Waals surface area contributed by atoms with E-state index < -0.39 is 37.3 Å². The Morgan fingerprint density at radius 3 is 2.05 bits per heavy atom. The van der Waals surface area contributed by atoms with Crippen LogP contribution in [0.1, 0.15) is 42.9 Å². The number of benzene rings is 3. The van der Waals surface area contributed by atoms with E-state index in [2.05, 4.69) is 5.32 Å². The first-order valence-electron chi connectivity index (χ1n) is 12.9. The molecule has 0 aliphatic heterocycles. The van der Waals surface area contributed by atoms with Crippen molar-refractivity contribution in [2.24, 2.45) is 11.8 Å². The zero-order chi connectivity index (χ0) is 27.3. The van der Waals surface area contributed by atoms with Gasteiger partial charge in [0.25, 0.3) is 0 Å². The second-order valence-electron chi connectivity index (χ2n) is 9.96. The van der Waals surface area contributed by atoms with Crippen molar-refractivity contribution < 1.29 is 28.9 Å². The quantitative estimate of drug-likeness (QED) is 0.255. The Bertz CT molecular complexity index is 1280. The van der Waals surface area contributed by atoms with Gasteiger partial charge >= 0.3 is 12.1 Å². The van der Waals surface area contributed by atoms with Crippen molar-refractivity contribution >= 4 is 19.4 Å². The molecule has 1 aliphatic carbocycles. The minimum atomic E-state index is -4.12. The van der Waals surface area contributed by atoms with E-state index in [1.54, 1.807) is 31.2 Å². The first kappa shape index (κ1) is 27.6. The number of amides is 1. The van der Waals surface area contributed by atoms with E-state index in [-0.39, 0.29) is 24.9 Å².